The number of phenols is 1. The van der Waals surface area contributed by atoms with Crippen molar-refractivity contribution in [3.63, 3.8) is 0 Å². The molecule has 2 N–H and O–H groups in total. The first kappa shape index (κ1) is 12.5. The first-order chi connectivity index (χ1) is 10.2. The number of fused-ring (bicyclic) bond motifs is 3. The quantitative estimate of drug-likeness (QED) is 0.761. The van der Waals surface area contributed by atoms with Gasteiger partial charge in [0.1, 0.15) is 11.6 Å². The third kappa shape index (κ3) is 1.92. The maximum Gasteiger partial charge on any atom is 0.146 e. The molecular weight excluding hydrogens is 265 g/mol. The lowest BCUT2D eigenvalue weighted by atomic mass is 9.77. The highest BCUT2D eigenvalue weighted by molar-refractivity contribution is 5.60. The molecule has 21 heavy (non-hydrogen) atoms. The molecule has 4 rings (SSSR count). The van der Waals surface area contributed by atoms with Crippen molar-refractivity contribution in [1.29, 1.82) is 0 Å². The van der Waals surface area contributed by atoms with Crippen LogP contribution in [0, 0.1) is 11.7 Å². The number of para-hydroxylation sites is 1. The van der Waals surface area contributed by atoms with Gasteiger partial charge in [0.05, 0.1) is 11.7 Å². The summed E-state index contributed by atoms with van der Waals surface area (Å²) in [6.07, 6.45) is 5.36. The van der Waals surface area contributed by atoms with Crippen molar-refractivity contribution < 1.29 is 9.50 Å². The standard InChI is InChI=1S/C18H16FNO/c19-16-6-2-5-15-13-3-1-4-14(13)17(20-18(15)16)11-7-9-12(21)10-8-11/h1-3,5-10,13-14,17,20-21H,4H2. The normalized spacial score (nSPS) is 26.0. The van der Waals surface area contributed by atoms with Crippen LogP contribution in [0.25, 0.3) is 0 Å². The summed E-state index contributed by atoms with van der Waals surface area (Å²) in [5.74, 6) is 0.705. The Kier molecular flexibility index (Phi) is 2.74. The van der Waals surface area contributed by atoms with E-state index in [1.807, 2.05) is 18.2 Å². The average Bonchev–Trinajstić information content (AvgIpc) is 2.98. The van der Waals surface area contributed by atoms with E-state index in [4.69, 9.17) is 0 Å². The SMILES string of the molecule is Oc1ccc(C2Nc3c(F)cccc3C3C=CCC32)cc1. The molecule has 3 unspecified atom stereocenters. The van der Waals surface area contributed by atoms with Crippen molar-refractivity contribution in [3.05, 3.63) is 71.6 Å². The minimum atomic E-state index is -0.199. The molecule has 0 spiro atoms. The number of allylic oxidation sites excluding steroid dienone is 2. The molecule has 3 heteroatoms. The van der Waals surface area contributed by atoms with E-state index in [9.17, 15) is 9.50 Å². The summed E-state index contributed by atoms with van der Waals surface area (Å²) < 4.78 is 14.2. The zero-order valence-electron chi connectivity index (χ0n) is 11.5. The Balaban J connectivity index is 1.81. The molecule has 0 aromatic heterocycles. The van der Waals surface area contributed by atoms with Gasteiger partial charge in [0.2, 0.25) is 0 Å². The first-order valence-electron chi connectivity index (χ1n) is 7.24. The van der Waals surface area contributed by atoms with Crippen molar-refractivity contribution in [3.8, 4) is 5.75 Å². The molecule has 0 bridgehead atoms. The molecule has 1 heterocycles. The van der Waals surface area contributed by atoms with Crippen LogP contribution in [0.5, 0.6) is 5.75 Å². The Morgan fingerprint density at radius 1 is 1.10 bits per heavy atom. The smallest absolute Gasteiger partial charge is 0.146 e. The van der Waals surface area contributed by atoms with Gasteiger partial charge in [0.25, 0.3) is 0 Å². The summed E-state index contributed by atoms with van der Waals surface area (Å²) in [4.78, 5) is 0. The third-order valence-corrected chi connectivity index (χ3v) is 4.60. The van der Waals surface area contributed by atoms with Gasteiger partial charge in [-0.25, -0.2) is 4.39 Å². The van der Waals surface area contributed by atoms with Gasteiger partial charge >= 0.3 is 0 Å². The maximum absolute atomic E-state index is 14.2. The van der Waals surface area contributed by atoms with Gasteiger partial charge < -0.3 is 10.4 Å². The lowest BCUT2D eigenvalue weighted by Gasteiger charge is -2.37. The topological polar surface area (TPSA) is 32.3 Å². The average molecular weight is 281 g/mol. The third-order valence-electron chi connectivity index (χ3n) is 4.60. The fraction of sp³-hybridized carbons (Fsp3) is 0.222. The van der Waals surface area contributed by atoms with E-state index < -0.39 is 0 Å². The molecule has 0 radical (unpaired) electrons. The molecule has 2 nitrogen and oxygen atoms in total. The van der Waals surface area contributed by atoms with Crippen molar-refractivity contribution >= 4 is 5.69 Å². The molecule has 0 fully saturated rings. The fourth-order valence-corrected chi connectivity index (χ4v) is 3.59. The molecule has 1 aliphatic heterocycles. The van der Waals surface area contributed by atoms with Crippen LogP contribution < -0.4 is 5.32 Å². The van der Waals surface area contributed by atoms with E-state index in [2.05, 4.69) is 17.5 Å². The highest BCUT2D eigenvalue weighted by atomic mass is 19.1. The van der Waals surface area contributed by atoms with Crippen LogP contribution in [0.3, 0.4) is 0 Å². The number of aromatic hydroxyl groups is 1. The summed E-state index contributed by atoms with van der Waals surface area (Å²) in [6, 6.07) is 12.5. The highest BCUT2D eigenvalue weighted by Crippen LogP contribution is 2.50. The molecule has 2 aromatic carbocycles. The molecule has 106 valence electrons. The monoisotopic (exact) mass is 281 g/mol. The summed E-state index contributed by atoms with van der Waals surface area (Å²) in [5.41, 5.74) is 2.74. The summed E-state index contributed by atoms with van der Waals surface area (Å²) in [7, 11) is 0. The number of hydrogen-bond acceptors (Lipinski definition) is 2. The Morgan fingerprint density at radius 2 is 1.90 bits per heavy atom. The van der Waals surface area contributed by atoms with Gasteiger partial charge in [-0.1, -0.05) is 36.4 Å². The summed E-state index contributed by atoms with van der Waals surface area (Å²) in [5, 5.41) is 12.8. The van der Waals surface area contributed by atoms with Crippen LogP contribution in [0.15, 0.2) is 54.6 Å². The Morgan fingerprint density at radius 3 is 2.71 bits per heavy atom. The van der Waals surface area contributed by atoms with Gasteiger partial charge in [-0.15, -0.1) is 0 Å². The second-order valence-electron chi connectivity index (χ2n) is 5.77. The maximum atomic E-state index is 14.2. The van der Waals surface area contributed by atoms with Gasteiger partial charge in [0, 0.05) is 5.92 Å². The Hall–Kier alpha value is -2.29. The van der Waals surface area contributed by atoms with Crippen molar-refractivity contribution in [2.75, 3.05) is 5.32 Å². The minimum Gasteiger partial charge on any atom is -0.508 e. The zero-order valence-corrected chi connectivity index (χ0v) is 11.5. The van der Waals surface area contributed by atoms with Crippen LogP contribution in [0.1, 0.15) is 29.5 Å². The second kappa shape index (κ2) is 4.62. The van der Waals surface area contributed by atoms with Crippen molar-refractivity contribution in [1.82, 2.24) is 0 Å². The molecular formula is C18H16FNO. The largest absolute Gasteiger partial charge is 0.508 e. The number of benzene rings is 2. The molecule has 1 aliphatic carbocycles. The zero-order chi connectivity index (χ0) is 14.4. The Labute approximate surface area is 122 Å². The Bertz CT molecular complexity index is 708. The van der Waals surface area contributed by atoms with E-state index in [0.717, 1.165) is 17.5 Å². The van der Waals surface area contributed by atoms with Gasteiger partial charge in [-0.2, -0.15) is 0 Å². The van der Waals surface area contributed by atoms with E-state index in [0.29, 0.717) is 11.6 Å². The number of rotatable bonds is 1. The molecule has 2 aliphatic rings. The molecule has 0 saturated heterocycles. The first-order valence-corrected chi connectivity index (χ1v) is 7.24. The molecule has 0 saturated carbocycles. The lowest BCUT2D eigenvalue weighted by Crippen LogP contribution is -2.29. The van der Waals surface area contributed by atoms with Gasteiger partial charge in [-0.05, 0) is 41.7 Å². The van der Waals surface area contributed by atoms with Gasteiger partial charge in [-0.3, -0.25) is 0 Å². The minimum absolute atomic E-state index is 0.0648. The second-order valence-corrected chi connectivity index (χ2v) is 5.77. The van der Waals surface area contributed by atoms with Crippen LogP contribution in [0.2, 0.25) is 0 Å². The summed E-state index contributed by atoms with van der Waals surface area (Å²) >= 11 is 0. The number of anilines is 1. The van der Waals surface area contributed by atoms with E-state index in [-0.39, 0.29) is 23.5 Å². The van der Waals surface area contributed by atoms with Crippen molar-refractivity contribution in [2.45, 2.75) is 18.4 Å². The van der Waals surface area contributed by atoms with Crippen LogP contribution >= 0.6 is 0 Å². The van der Waals surface area contributed by atoms with Crippen LogP contribution in [-0.4, -0.2) is 5.11 Å². The molecule has 2 aromatic rings. The molecule has 0 amide bonds. The summed E-state index contributed by atoms with van der Waals surface area (Å²) in [6.45, 7) is 0. The van der Waals surface area contributed by atoms with Crippen molar-refractivity contribution in [2.24, 2.45) is 5.92 Å². The van der Waals surface area contributed by atoms with E-state index in [1.165, 1.54) is 6.07 Å². The van der Waals surface area contributed by atoms with Gasteiger partial charge in [0.15, 0.2) is 0 Å². The molecule has 3 atom stereocenters. The highest BCUT2D eigenvalue weighted by Gasteiger charge is 2.38. The van der Waals surface area contributed by atoms with E-state index >= 15 is 0 Å². The van der Waals surface area contributed by atoms with E-state index in [1.54, 1.807) is 18.2 Å². The van der Waals surface area contributed by atoms with Crippen LogP contribution in [-0.2, 0) is 0 Å². The number of hydrogen-bond donors (Lipinski definition) is 2. The lowest BCUT2D eigenvalue weighted by molar-refractivity contribution is 0.420. The number of nitrogens with one attached hydrogen (secondary N) is 1. The van der Waals surface area contributed by atoms with Crippen LogP contribution in [0.4, 0.5) is 10.1 Å². The number of phenolic OH excluding ortho intramolecular Hbond substituents is 1. The fourth-order valence-electron chi connectivity index (χ4n) is 3.59. The predicted octanol–water partition coefficient (Wildman–Crippen LogP) is 4.36. The number of halogens is 1. The predicted molar refractivity (Wildman–Crippen MR) is 80.9 cm³/mol.